The first kappa shape index (κ1) is 16.8. The van der Waals surface area contributed by atoms with E-state index in [1.807, 2.05) is 19.1 Å². The van der Waals surface area contributed by atoms with Gasteiger partial charge in [0.25, 0.3) is 0 Å². The Morgan fingerprint density at radius 3 is 2.35 bits per heavy atom. The zero-order valence-corrected chi connectivity index (χ0v) is 14.3. The van der Waals surface area contributed by atoms with Gasteiger partial charge in [0.05, 0.1) is 19.8 Å². The fourth-order valence-electron chi connectivity index (χ4n) is 2.65. The third kappa shape index (κ3) is 3.45. The highest BCUT2D eigenvalue weighted by atomic mass is 16.5. The van der Waals surface area contributed by atoms with Gasteiger partial charge in [-0.3, -0.25) is 0 Å². The van der Waals surface area contributed by atoms with Gasteiger partial charge < -0.3 is 9.47 Å². The smallest absolute Gasteiger partial charge is 0.337 e. The van der Waals surface area contributed by atoms with Gasteiger partial charge in [0.1, 0.15) is 5.75 Å². The van der Waals surface area contributed by atoms with Gasteiger partial charge in [-0.2, -0.15) is 0 Å². The average molecular weight is 310 g/mol. The van der Waals surface area contributed by atoms with E-state index in [0.717, 1.165) is 22.4 Å². The molecule has 2 rings (SSSR count). The number of carbonyl (C=O) groups is 1. The van der Waals surface area contributed by atoms with Crippen LogP contribution in [0.5, 0.6) is 5.75 Å². The monoisotopic (exact) mass is 310 g/mol. The minimum Gasteiger partial charge on any atom is -0.496 e. The topological polar surface area (TPSA) is 35.5 Å². The summed E-state index contributed by atoms with van der Waals surface area (Å²) in [6.45, 7) is 6.13. The number of methoxy groups -OCH3 is 2. The molecular weight excluding hydrogens is 288 g/mol. The molecule has 23 heavy (non-hydrogen) atoms. The van der Waals surface area contributed by atoms with Gasteiger partial charge >= 0.3 is 5.97 Å². The summed E-state index contributed by atoms with van der Waals surface area (Å²) in [5.74, 6) is 0.372. The molecule has 3 heteroatoms. The van der Waals surface area contributed by atoms with Crippen molar-refractivity contribution in [3.8, 4) is 5.75 Å². The first-order valence-corrected chi connectivity index (χ1v) is 7.52. The first-order valence-electron chi connectivity index (χ1n) is 7.52. The van der Waals surface area contributed by atoms with Crippen LogP contribution in [0.3, 0.4) is 0 Å². The first-order chi connectivity index (χ1) is 11.0. The number of rotatable bonds is 4. The van der Waals surface area contributed by atoms with Crippen LogP contribution in [0.25, 0.3) is 5.57 Å². The zero-order valence-electron chi connectivity index (χ0n) is 14.3. The van der Waals surface area contributed by atoms with Crippen molar-refractivity contribution in [1.82, 2.24) is 0 Å². The molecule has 0 bridgehead atoms. The van der Waals surface area contributed by atoms with Crippen LogP contribution in [0, 0.1) is 13.8 Å². The minimum atomic E-state index is -0.356. The molecule has 0 spiro atoms. The van der Waals surface area contributed by atoms with Crippen LogP contribution in [0.4, 0.5) is 0 Å². The van der Waals surface area contributed by atoms with Gasteiger partial charge in [-0.05, 0) is 55.7 Å². The summed E-state index contributed by atoms with van der Waals surface area (Å²) in [5, 5.41) is 0. The number of ether oxygens (including phenoxy) is 2. The Labute approximate surface area is 137 Å². The van der Waals surface area contributed by atoms with E-state index in [4.69, 9.17) is 9.47 Å². The van der Waals surface area contributed by atoms with Gasteiger partial charge in [0.2, 0.25) is 0 Å². The average Bonchev–Trinajstić information content (AvgIpc) is 2.57. The molecule has 0 N–H and O–H groups in total. The Hall–Kier alpha value is -2.55. The maximum Gasteiger partial charge on any atom is 0.337 e. The number of hydrogen-bond acceptors (Lipinski definition) is 3. The van der Waals surface area contributed by atoms with E-state index in [2.05, 4.69) is 32.0 Å². The molecule has 0 heterocycles. The predicted octanol–water partition coefficient (Wildman–Crippen LogP) is 4.55. The van der Waals surface area contributed by atoms with Crippen molar-refractivity contribution in [2.75, 3.05) is 14.2 Å². The number of carbonyl (C=O) groups excluding carboxylic acids is 1. The van der Waals surface area contributed by atoms with Gasteiger partial charge in [-0.1, -0.05) is 29.8 Å². The lowest BCUT2D eigenvalue weighted by molar-refractivity contribution is 0.0600. The molecule has 0 atom stereocenters. The Balaban J connectivity index is 2.65. The molecule has 0 saturated heterocycles. The summed E-state index contributed by atoms with van der Waals surface area (Å²) in [6.07, 6.45) is 2.04. The summed E-state index contributed by atoms with van der Waals surface area (Å²) in [4.78, 5) is 11.9. The molecule has 3 nitrogen and oxygen atoms in total. The second-order valence-corrected chi connectivity index (χ2v) is 5.43. The van der Waals surface area contributed by atoms with Crippen molar-refractivity contribution in [2.45, 2.75) is 20.8 Å². The van der Waals surface area contributed by atoms with Crippen molar-refractivity contribution in [2.24, 2.45) is 0 Å². The summed E-state index contributed by atoms with van der Waals surface area (Å²) < 4.78 is 10.3. The van der Waals surface area contributed by atoms with Crippen LogP contribution < -0.4 is 4.74 Å². The number of benzene rings is 2. The van der Waals surface area contributed by atoms with Gasteiger partial charge in [-0.25, -0.2) is 4.79 Å². The summed E-state index contributed by atoms with van der Waals surface area (Å²) >= 11 is 0. The number of hydrogen-bond donors (Lipinski definition) is 0. The van der Waals surface area contributed by atoms with Crippen molar-refractivity contribution in [3.63, 3.8) is 0 Å². The van der Waals surface area contributed by atoms with Crippen molar-refractivity contribution in [3.05, 3.63) is 70.3 Å². The zero-order chi connectivity index (χ0) is 17.0. The molecule has 2 aromatic rings. The third-order valence-electron chi connectivity index (χ3n) is 3.88. The van der Waals surface area contributed by atoms with Gasteiger partial charge in [0, 0.05) is 5.56 Å². The van der Waals surface area contributed by atoms with Crippen molar-refractivity contribution >= 4 is 11.5 Å². The van der Waals surface area contributed by atoms with Gasteiger partial charge in [0.15, 0.2) is 0 Å². The quantitative estimate of drug-likeness (QED) is 0.777. The molecule has 0 unspecified atom stereocenters. The van der Waals surface area contributed by atoms with E-state index < -0.39 is 0 Å². The molecule has 0 aliphatic carbocycles. The van der Waals surface area contributed by atoms with Crippen LogP contribution in [0.1, 0.15) is 39.5 Å². The van der Waals surface area contributed by atoms with E-state index in [9.17, 15) is 4.79 Å². The number of esters is 1. The Morgan fingerprint density at radius 1 is 1.00 bits per heavy atom. The van der Waals surface area contributed by atoms with E-state index in [1.165, 1.54) is 18.2 Å². The molecular formula is C20H22O3. The molecule has 0 aromatic heterocycles. The fourth-order valence-corrected chi connectivity index (χ4v) is 2.65. The van der Waals surface area contributed by atoms with Gasteiger partial charge in [-0.15, -0.1) is 0 Å². The van der Waals surface area contributed by atoms with Crippen LogP contribution in [0.2, 0.25) is 0 Å². The lowest BCUT2D eigenvalue weighted by Gasteiger charge is -2.16. The normalized spacial score (nSPS) is 11.3. The number of allylic oxidation sites excluding steroid dienone is 1. The van der Waals surface area contributed by atoms with Crippen LogP contribution in [0.15, 0.2) is 42.5 Å². The minimum absolute atomic E-state index is 0.356. The Bertz CT molecular complexity index is 757. The lowest BCUT2D eigenvalue weighted by Crippen LogP contribution is -2.04. The summed E-state index contributed by atoms with van der Waals surface area (Å²) in [7, 11) is 3.01. The molecule has 0 aliphatic rings. The largest absolute Gasteiger partial charge is 0.496 e. The second kappa shape index (κ2) is 7.14. The van der Waals surface area contributed by atoms with Crippen LogP contribution in [-0.4, -0.2) is 20.2 Å². The van der Waals surface area contributed by atoms with E-state index in [0.29, 0.717) is 5.56 Å². The molecule has 0 fully saturated rings. The summed E-state index contributed by atoms with van der Waals surface area (Å²) in [6, 6.07) is 11.7. The molecule has 2 aromatic carbocycles. The van der Waals surface area contributed by atoms with Crippen molar-refractivity contribution < 1.29 is 14.3 Å². The van der Waals surface area contributed by atoms with E-state index in [-0.39, 0.29) is 5.97 Å². The Morgan fingerprint density at radius 2 is 1.74 bits per heavy atom. The maximum atomic E-state index is 11.9. The van der Waals surface area contributed by atoms with Crippen molar-refractivity contribution in [1.29, 1.82) is 0 Å². The number of aryl methyl sites for hydroxylation is 2. The van der Waals surface area contributed by atoms with E-state index >= 15 is 0 Å². The standard InChI is InChI=1S/C20H22O3/c1-6-16(17-11-13(2)7-8-14(17)3)18-12-15(20(21)23-5)9-10-19(18)22-4/h6-12H,1-5H3/b16-6-. The summed E-state index contributed by atoms with van der Waals surface area (Å²) in [5.41, 5.74) is 5.92. The lowest BCUT2D eigenvalue weighted by atomic mass is 9.91. The van der Waals surface area contributed by atoms with E-state index in [1.54, 1.807) is 19.2 Å². The predicted molar refractivity (Wildman–Crippen MR) is 93.0 cm³/mol. The van der Waals surface area contributed by atoms with Crippen LogP contribution in [-0.2, 0) is 4.74 Å². The molecule has 0 amide bonds. The fraction of sp³-hybridized carbons (Fsp3) is 0.250. The SMILES string of the molecule is C/C=C(/c1cc(C)ccc1C)c1cc(C(=O)OC)ccc1OC. The molecule has 0 saturated carbocycles. The highest BCUT2D eigenvalue weighted by molar-refractivity contribution is 5.93. The molecule has 120 valence electrons. The molecule has 0 radical (unpaired) electrons. The highest BCUT2D eigenvalue weighted by Gasteiger charge is 2.16. The third-order valence-corrected chi connectivity index (χ3v) is 3.88. The second-order valence-electron chi connectivity index (χ2n) is 5.43. The Kier molecular flexibility index (Phi) is 5.22. The highest BCUT2D eigenvalue weighted by Crippen LogP contribution is 2.34. The molecule has 0 aliphatic heterocycles. The van der Waals surface area contributed by atoms with Crippen LogP contribution >= 0.6 is 0 Å². The maximum absolute atomic E-state index is 11.9.